The number of para-hydroxylation sites is 1. The second-order valence-corrected chi connectivity index (χ2v) is 8.92. The maximum atomic E-state index is 12.8. The van der Waals surface area contributed by atoms with Gasteiger partial charge in [0.25, 0.3) is 0 Å². The van der Waals surface area contributed by atoms with Gasteiger partial charge in [0.2, 0.25) is 5.91 Å². The highest BCUT2D eigenvalue weighted by atomic mass is 32.1. The quantitative estimate of drug-likeness (QED) is 0.438. The summed E-state index contributed by atoms with van der Waals surface area (Å²) in [6.45, 7) is 1.48. The van der Waals surface area contributed by atoms with Crippen LogP contribution < -0.4 is 10.2 Å². The number of aromatic nitrogens is 7. The van der Waals surface area contributed by atoms with Crippen LogP contribution >= 0.6 is 11.3 Å². The molecule has 0 aliphatic carbocycles. The molecule has 0 atom stereocenters. The minimum absolute atomic E-state index is 0.00113. The largest absolute Gasteiger partial charge is 0.355 e. The molecule has 0 unspecified atom stereocenters. The van der Waals surface area contributed by atoms with Crippen LogP contribution in [0.2, 0.25) is 0 Å². The smallest absolute Gasteiger partial charge is 0.228 e. The number of tetrazole rings is 1. The first kappa shape index (κ1) is 19.7. The Bertz CT molecular complexity index is 1400. The zero-order chi connectivity index (χ0) is 22.2. The molecule has 0 spiro atoms. The zero-order valence-corrected chi connectivity index (χ0v) is 18.3. The molecule has 1 N–H and O–H groups in total. The summed E-state index contributed by atoms with van der Waals surface area (Å²) < 4.78 is 2.56. The van der Waals surface area contributed by atoms with Crippen LogP contribution in [-0.4, -0.2) is 54.2 Å². The maximum absolute atomic E-state index is 12.8. The SMILES string of the molecule is O=C(Nc1ccc(-c2nc3ccccc3s2)cn1)C1CCN(c2ccc3nnnn3n2)CC1. The Morgan fingerprint density at radius 1 is 1.06 bits per heavy atom. The first-order valence-electron chi connectivity index (χ1n) is 10.7. The summed E-state index contributed by atoms with van der Waals surface area (Å²) in [6, 6.07) is 15.6. The summed E-state index contributed by atoms with van der Waals surface area (Å²) in [5.41, 5.74) is 2.53. The van der Waals surface area contributed by atoms with E-state index in [9.17, 15) is 4.79 Å². The average molecular weight is 458 g/mol. The van der Waals surface area contributed by atoms with Crippen LogP contribution in [0.5, 0.6) is 0 Å². The van der Waals surface area contributed by atoms with Crippen molar-refractivity contribution >= 4 is 44.7 Å². The molecule has 10 nitrogen and oxygen atoms in total. The monoisotopic (exact) mass is 457 g/mol. The number of nitrogens with one attached hydrogen (secondary N) is 1. The highest BCUT2D eigenvalue weighted by molar-refractivity contribution is 7.21. The molecular formula is C22H19N9OS. The molecule has 1 aliphatic rings. The second kappa shape index (κ2) is 8.17. The number of carbonyl (C=O) groups is 1. The van der Waals surface area contributed by atoms with Gasteiger partial charge in [0.05, 0.1) is 10.2 Å². The fraction of sp³-hybridized carbons (Fsp3) is 0.227. The van der Waals surface area contributed by atoms with Gasteiger partial charge >= 0.3 is 0 Å². The van der Waals surface area contributed by atoms with Crippen molar-refractivity contribution in [2.75, 3.05) is 23.3 Å². The molecule has 5 heterocycles. The Kier molecular flexibility index (Phi) is 4.87. The number of thiazole rings is 1. The van der Waals surface area contributed by atoms with Gasteiger partial charge in [-0.2, -0.15) is 0 Å². The fourth-order valence-corrected chi connectivity index (χ4v) is 4.95. The van der Waals surface area contributed by atoms with Gasteiger partial charge in [-0.25, -0.2) is 9.97 Å². The van der Waals surface area contributed by atoms with E-state index in [2.05, 4.69) is 46.9 Å². The summed E-state index contributed by atoms with van der Waals surface area (Å²) in [6.07, 6.45) is 3.24. The summed E-state index contributed by atoms with van der Waals surface area (Å²) in [5, 5.41) is 19.6. The van der Waals surface area contributed by atoms with E-state index in [1.54, 1.807) is 17.5 Å². The van der Waals surface area contributed by atoms with Gasteiger partial charge in [-0.05, 0) is 59.7 Å². The average Bonchev–Trinajstić information content (AvgIpc) is 3.51. The molecule has 0 bridgehead atoms. The number of hydrogen-bond donors (Lipinski definition) is 1. The van der Waals surface area contributed by atoms with Crippen LogP contribution in [0.1, 0.15) is 12.8 Å². The first-order valence-corrected chi connectivity index (χ1v) is 11.5. The number of hydrogen-bond acceptors (Lipinski definition) is 9. The number of anilines is 2. The third-order valence-corrected chi connectivity index (χ3v) is 6.89. The maximum Gasteiger partial charge on any atom is 0.228 e. The molecule has 1 aliphatic heterocycles. The van der Waals surface area contributed by atoms with Gasteiger partial charge in [-0.15, -0.1) is 26.2 Å². The lowest BCUT2D eigenvalue weighted by Gasteiger charge is -2.31. The summed E-state index contributed by atoms with van der Waals surface area (Å²) in [4.78, 5) is 24.0. The molecule has 0 radical (unpaired) electrons. The Hall–Kier alpha value is -3.99. The number of benzene rings is 1. The lowest BCUT2D eigenvalue weighted by molar-refractivity contribution is -0.120. The Morgan fingerprint density at radius 3 is 2.76 bits per heavy atom. The highest BCUT2D eigenvalue weighted by Gasteiger charge is 2.26. The normalized spacial score (nSPS) is 14.7. The minimum atomic E-state index is -0.0660. The molecule has 1 fully saturated rings. The Balaban J connectivity index is 1.08. The molecule has 1 aromatic carbocycles. The lowest BCUT2D eigenvalue weighted by Crippen LogP contribution is -2.38. The number of amides is 1. The standard InChI is InChI=1S/C22H19N9OS/c32-21(14-9-11-30(12-10-14)20-8-7-19-26-28-29-31(19)27-20)25-18-6-5-15(13-23-18)22-24-16-3-1-2-4-17(16)33-22/h1-8,13-14H,9-12H2,(H,23,25,32). The van der Waals surface area contributed by atoms with Gasteiger partial charge in [-0.1, -0.05) is 12.1 Å². The van der Waals surface area contributed by atoms with Crippen molar-refractivity contribution in [2.45, 2.75) is 12.8 Å². The molecule has 33 heavy (non-hydrogen) atoms. The molecule has 1 saturated heterocycles. The van der Waals surface area contributed by atoms with Gasteiger partial charge in [0.15, 0.2) is 11.5 Å². The number of pyridine rings is 1. The number of piperidine rings is 1. The number of nitrogens with zero attached hydrogens (tertiary/aromatic N) is 8. The fourth-order valence-electron chi connectivity index (χ4n) is 4.00. The van der Waals surface area contributed by atoms with Crippen LogP contribution in [0.25, 0.3) is 26.4 Å². The van der Waals surface area contributed by atoms with Gasteiger partial charge in [-0.3, -0.25) is 4.79 Å². The van der Waals surface area contributed by atoms with Crippen LogP contribution in [0.15, 0.2) is 54.7 Å². The minimum Gasteiger partial charge on any atom is -0.355 e. The van der Waals surface area contributed by atoms with Gasteiger partial charge in [0, 0.05) is 30.8 Å². The van der Waals surface area contributed by atoms with E-state index in [4.69, 9.17) is 0 Å². The van der Waals surface area contributed by atoms with E-state index in [0.717, 1.165) is 52.5 Å². The Labute approximate surface area is 192 Å². The van der Waals surface area contributed by atoms with Crippen molar-refractivity contribution < 1.29 is 4.79 Å². The molecule has 11 heteroatoms. The van der Waals surface area contributed by atoms with E-state index < -0.39 is 0 Å². The summed E-state index contributed by atoms with van der Waals surface area (Å²) >= 11 is 1.63. The topological polar surface area (TPSA) is 114 Å². The van der Waals surface area contributed by atoms with E-state index in [0.29, 0.717) is 11.5 Å². The zero-order valence-electron chi connectivity index (χ0n) is 17.5. The number of carbonyl (C=O) groups excluding carboxylic acids is 1. The number of fused-ring (bicyclic) bond motifs is 2. The summed E-state index contributed by atoms with van der Waals surface area (Å²) in [7, 11) is 0. The highest BCUT2D eigenvalue weighted by Crippen LogP contribution is 2.30. The van der Waals surface area contributed by atoms with Gasteiger partial charge in [0.1, 0.15) is 10.8 Å². The Morgan fingerprint density at radius 2 is 1.94 bits per heavy atom. The molecule has 6 rings (SSSR count). The van der Waals surface area contributed by atoms with E-state index in [1.807, 2.05) is 42.5 Å². The van der Waals surface area contributed by atoms with Crippen molar-refractivity contribution in [1.29, 1.82) is 0 Å². The van der Waals surface area contributed by atoms with Crippen LogP contribution in [0.3, 0.4) is 0 Å². The predicted octanol–water partition coefficient (Wildman–Crippen LogP) is 3.05. The van der Waals surface area contributed by atoms with Crippen molar-refractivity contribution in [3.05, 3.63) is 54.7 Å². The molecule has 164 valence electrons. The molecule has 1 amide bonds. The van der Waals surface area contributed by atoms with E-state index in [-0.39, 0.29) is 11.8 Å². The predicted molar refractivity (Wildman–Crippen MR) is 125 cm³/mol. The molecule has 4 aromatic heterocycles. The first-order chi connectivity index (χ1) is 16.2. The van der Waals surface area contributed by atoms with Crippen LogP contribution in [0, 0.1) is 5.92 Å². The molecule has 0 saturated carbocycles. The third-order valence-electron chi connectivity index (χ3n) is 5.80. The molecular weight excluding hydrogens is 438 g/mol. The van der Waals surface area contributed by atoms with Crippen molar-refractivity contribution in [3.63, 3.8) is 0 Å². The van der Waals surface area contributed by atoms with Crippen molar-refractivity contribution in [1.82, 2.24) is 35.2 Å². The van der Waals surface area contributed by atoms with Crippen molar-refractivity contribution in [2.24, 2.45) is 5.92 Å². The van der Waals surface area contributed by atoms with Gasteiger partial charge < -0.3 is 10.2 Å². The number of rotatable bonds is 4. The van der Waals surface area contributed by atoms with E-state index in [1.165, 1.54) is 4.63 Å². The second-order valence-electron chi connectivity index (χ2n) is 7.89. The third kappa shape index (κ3) is 3.87. The lowest BCUT2D eigenvalue weighted by atomic mass is 9.96. The van der Waals surface area contributed by atoms with E-state index >= 15 is 0 Å². The summed E-state index contributed by atoms with van der Waals surface area (Å²) in [5.74, 6) is 1.29. The van der Waals surface area contributed by atoms with Crippen LogP contribution in [0.4, 0.5) is 11.6 Å². The molecule has 5 aromatic rings. The van der Waals surface area contributed by atoms with Crippen LogP contribution in [-0.2, 0) is 4.79 Å². The van der Waals surface area contributed by atoms with Crippen molar-refractivity contribution in [3.8, 4) is 10.6 Å².